The number of carbonyl (C=O) groups excluding carboxylic acids is 3. The lowest BCUT2D eigenvalue weighted by Gasteiger charge is -2.55. The van der Waals surface area contributed by atoms with Gasteiger partial charge in [0.15, 0.2) is 0 Å². The number of phenols is 1. The third-order valence-corrected chi connectivity index (χ3v) is 12.7. The molecule has 11 heteroatoms. The number of fused-ring (bicyclic) bond motifs is 5. The summed E-state index contributed by atoms with van der Waals surface area (Å²) in [6.07, 6.45) is 9.40. The summed E-state index contributed by atoms with van der Waals surface area (Å²) in [6.45, 7) is 9.09. The van der Waals surface area contributed by atoms with Crippen LogP contribution in [-0.4, -0.2) is 86.3 Å². The lowest BCUT2D eigenvalue weighted by molar-refractivity contribution is -0.132. The van der Waals surface area contributed by atoms with E-state index >= 15 is 0 Å². The molecule has 1 atom stereocenters. The Labute approximate surface area is 347 Å². The molecule has 1 aliphatic carbocycles. The van der Waals surface area contributed by atoms with E-state index in [9.17, 15) is 14.4 Å². The number of imide groups is 1. The predicted molar refractivity (Wildman–Crippen MR) is 229 cm³/mol. The van der Waals surface area contributed by atoms with Crippen molar-refractivity contribution in [2.75, 3.05) is 62.3 Å². The molecule has 11 nitrogen and oxygen atoms in total. The Morgan fingerprint density at radius 2 is 1.46 bits per heavy atom. The number of hydrogen-bond acceptors (Lipinski definition) is 9. The van der Waals surface area contributed by atoms with Crippen LogP contribution in [-0.2, 0) is 22.6 Å². The van der Waals surface area contributed by atoms with Crippen LogP contribution >= 0.6 is 0 Å². The number of benzene rings is 4. The molecule has 0 radical (unpaired) electrons. The second-order valence-electron chi connectivity index (χ2n) is 16.9. The third kappa shape index (κ3) is 10.0. The van der Waals surface area contributed by atoms with Crippen molar-refractivity contribution in [3.8, 4) is 17.2 Å². The Kier molecular flexibility index (Phi) is 12.7. The third-order valence-electron chi connectivity index (χ3n) is 12.7. The number of nitrogens with one attached hydrogen (secondary N) is 2. The van der Waals surface area contributed by atoms with Crippen molar-refractivity contribution in [2.24, 2.45) is 11.3 Å². The SMILES string of the molecule is O=C1CCCC(=O)N1.O=C1NCc2cc3c(cc21)OCC1CN(CC2CCC4(CC2)CN(c2ccccc2)C4)CCN31.Oc1ccc2c(c1)OCCC2.c1ccccc1. The van der Waals surface area contributed by atoms with Crippen LogP contribution in [0.15, 0.2) is 97.1 Å². The van der Waals surface area contributed by atoms with Gasteiger partial charge in [0.25, 0.3) is 5.91 Å². The minimum Gasteiger partial charge on any atom is -0.508 e. The van der Waals surface area contributed by atoms with Gasteiger partial charge in [-0.2, -0.15) is 0 Å². The lowest BCUT2D eigenvalue weighted by Crippen LogP contribution is -2.59. The largest absolute Gasteiger partial charge is 0.508 e. The number of anilines is 2. The second kappa shape index (κ2) is 18.6. The predicted octanol–water partition coefficient (Wildman–Crippen LogP) is 6.73. The van der Waals surface area contributed by atoms with Gasteiger partial charge in [-0.05, 0) is 92.3 Å². The van der Waals surface area contributed by atoms with Gasteiger partial charge in [-0.25, -0.2) is 0 Å². The van der Waals surface area contributed by atoms with E-state index in [4.69, 9.17) is 14.6 Å². The van der Waals surface area contributed by atoms with E-state index in [-0.39, 0.29) is 23.5 Å². The standard InChI is InChI=1S/C28H34N4O2.C9H10O2.C6H6.C5H7NO2/c33-27-24-13-26-25(12-21(24)14-29-27)32-11-10-30(16-23(32)17-34-26)15-20-6-8-28(9-7-20)18-31(19-28)22-4-2-1-3-5-22;10-8-4-3-7-2-1-5-11-9(7)6-8;1-2-4-6-5-3-1;7-4-2-1-3-5(8)6-4/h1-5,12-13,20,23H,6-11,14-19H2,(H,29,33);3-4,6,10H,1-2,5H2;1-6H;1-3H2,(H,6,7,8). The maximum Gasteiger partial charge on any atom is 0.252 e. The van der Waals surface area contributed by atoms with E-state index in [0.717, 1.165) is 67.6 Å². The van der Waals surface area contributed by atoms with Crippen LogP contribution in [0.1, 0.15) is 72.9 Å². The van der Waals surface area contributed by atoms with Gasteiger partial charge in [0.1, 0.15) is 23.9 Å². The van der Waals surface area contributed by atoms with Crippen molar-refractivity contribution >= 4 is 29.1 Å². The number of piperidine rings is 1. The summed E-state index contributed by atoms with van der Waals surface area (Å²) in [5.41, 5.74) is 6.23. The zero-order valence-electron chi connectivity index (χ0n) is 34.0. The number of rotatable bonds is 3. The fourth-order valence-electron chi connectivity index (χ4n) is 9.45. The zero-order valence-corrected chi connectivity index (χ0v) is 34.0. The molecule has 1 spiro atoms. The van der Waals surface area contributed by atoms with Gasteiger partial charge in [0.05, 0.1) is 18.3 Å². The van der Waals surface area contributed by atoms with Crippen molar-refractivity contribution in [1.82, 2.24) is 15.5 Å². The molecular formula is C48H57N5O6. The number of carbonyl (C=O) groups is 3. The minimum absolute atomic E-state index is 0.0253. The van der Waals surface area contributed by atoms with Crippen LogP contribution in [0.5, 0.6) is 17.2 Å². The highest BCUT2D eigenvalue weighted by Gasteiger charge is 2.45. The van der Waals surface area contributed by atoms with Crippen LogP contribution in [0.3, 0.4) is 0 Å². The molecule has 3 N–H and O–H groups in total. The average Bonchev–Trinajstić information content (AvgIpc) is 3.62. The molecule has 3 amide bonds. The Balaban J connectivity index is 0.000000155. The molecule has 0 aromatic heterocycles. The number of amides is 3. The van der Waals surface area contributed by atoms with Crippen LogP contribution in [0.4, 0.5) is 11.4 Å². The van der Waals surface area contributed by atoms with Crippen LogP contribution in [0.25, 0.3) is 0 Å². The number of aromatic hydroxyl groups is 1. The summed E-state index contributed by atoms with van der Waals surface area (Å²) in [5, 5.41) is 14.2. The van der Waals surface area contributed by atoms with E-state index < -0.39 is 0 Å². The van der Waals surface area contributed by atoms with Crippen molar-refractivity contribution < 1.29 is 29.0 Å². The van der Waals surface area contributed by atoms with Gasteiger partial charge < -0.3 is 29.7 Å². The van der Waals surface area contributed by atoms with E-state index in [0.29, 0.717) is 43.9 Å². The number of nitrogens with zero attached hydrogens (tertiary/aromatic N) is 3. The number of phenolic OH excluding ortho intramolecular Hbond substituents is 1. The molecule has 3 saturated heterocycles. The molecule has 310 valence electrons. The van der Waals surface area contributed by atoms with Crippen LogP contribution in [0, 0.1) is 11.3 Å². The summed E-state index contributed by atoms with van der Waals surface area (Å²) < 4.78 is 11.5. The molecule has 4 aromatic rings. The summed E-state index contributed by atoms with van der Waals surface area (Å²) in [5.74, 6) is 2.59. The van der Waals surface area contributed by atoms with Gasteiger partial charge in [-0.3, -0.25) is 24.6 Å². The van der Waals surface area contributed by atoms with Gasteiger partial charge in [0.2, 0.25) is 11.8 Å². The van der Waals surface area contributed by atoms with Crippen LogP contribution in [0.2, 0.25) is 0 Å². The first-order valence-electron chi connectivity index (χ1n) is 21.5. The molecule has 1 unspecified atom stereocenters. The maximum absolute atomic E-state index is 12.0. The highest BCUT2D eigenvalue weighted by atomic mass is 16.5. The molecule has 1 saturated carbocycles. The fourth-order valence-corrected chi connectivity index (χ4v) is 9.45. The molecule has 6 heterocycles. The monoisotopic (exact) mass is 799 g/mol. The summed E-state index contributed by atoms with van der Waals surface area (Å²) in [7, 11) is 0. The van der Waals surface area contributed by atoms with E-state index in [1.54, 1.807) is 12.1 Å². The van der Waals surface area contributed by atoms with Gasteiger partial charge >= 0.3 is 0 Å². The molecule has 4 fully saturated rings. The van der Waals surface area contributed by atoms with Gasteiger partial charge in [-0.1, -0.05) is 60.7 Å². The Bertz CT molecular complexity index is 2020. The Morgan fingerprint density at radius 3 is 2.15 bits per heavy atom. The summed E-state index contributed by atoms with van der Waals surface area (Å²) in [6, 6.07) is 32.7. The van der Waals surface area contributed by atoms with Crippen LogP contribution < -0.4 is 29.9 Å². The summed E-state index contributed by atoms with van der Waals surface area (Å²) in [4.78, 5) is 40.5. The summed E-state index contributed by atoms with van der Waals surface area (Å²) >= 11 is 0. The first-order chi connectivity index (χ1) is 28.8. The van der Waals surface area contributed by atoms with E-state index in [2.05, 4.69) is 61.7 Å². The topological polar surface area (TPSA) is 124 Å². The van der Waals surface area contributed by atoms with Crippen molar-refractivity contribution in [3.05, 3.63) is 114 Å². The molecule has 59 heavy (non-hydrogen) atoms. The molecular weight excluding hydrogens is 743 g/mol. The molecule has 0 bridgehead atoms. The van der Waals surface area contributed by atoms with Gasteiger partial charge in [0, 0.05) is 81.4 Å². The first-order valence-corrected chi connectivity index (χ1v) is 21.5. The Morgan fingerprint density at radius 1 is 0.746 bits per heavy atom. The van der Waals surface area contributed by atoms with Crippen molar-refractivity contribution in [2.45, 2.75) is 70.4 Å². The zero-order chi connectivity index (χ0) is 40.6. The molecule has 6 aliphatic heterocycles. The molecule has 7 aliphatic rings. The number of para-hydroxylation sites is 1. The number of ether oxygens (including phenoxy) is 2. The molecule has 4 aromatic carbocycles. The number of hydrogen-bond donors (Lipinski definition) is 3. The van der Waals surface area contributed by atoms with E-state index in [1.165, 1.54) is 62.3 Å². The van der Waals surface area contributed by atoms with Gasteiger partial charge in [-0.15, -0.1) is 0 Å². The van der Waals surface area contributed by atoms with Crippen molar-refractivity contribution in [1.29, 1.82) is 0 Å². The number of piperazine rings is 1. The highest BCUT2D eigenvalue weighted by Crippen LogP contribution is 2.47. The number of aryl methyl sites for hydroxylation is 1. The van der Waals surface area contributed by atoms with E-state index in [1.807, 2.05) is 48.5 Å². The second-order valence-corrected chi connectivity index (χ2v) is 16.9. The lowest BCUT2D eigenvalue weighted by atomic mass is 9.65. The smallest absolute Gasteiger partial charge is 0.252 e. The first kappa shape index (κ1) is 40.2. The Hall–Kier alpha value is -5.55. The quantitative estimate of drug-likeness (QED) is 0.194. The maximum atomic E-state index is 12.0. The van der Waals surface area contributed by atoms with Crippen molar-refractivity contribution in [3.63, 3.8) is 0 Å². The minimum atomic E-state index is -0.138. The molecule has 11 rings (SSSR count). The normalized spacial score (nSPS) is 21.3. The average molecular weight is 800 g/mol. The highest BCUT2D eigenvalue weighted by molar-refractivity contribution is 5.99. The fraction of sp³-hybridized carbons (Fsp3) is 0.438.